The molecule has 0 aromatic heterocycles. The third-order valence-corrected chi connectivity index (χ3v) is 4.88. The molecule has 1 aromatic carbocycles. The SMILES string of the molecule is CCCCNC(=O)c1c(C)cc(B2OC(C)(C)C(C)(C)O2)cc1F. The molecule has 0 spiro atoms. The summed E-state index contributed by atoms with van der Waals surface area (Å²) in [6, 6.07) is 3.10. The van der Waals surface area contributed by atoms with E-state index in [2.05, 4.69) is 5.32 Å². The number of halogens is 1. The van der Waals surface area contributed by atoms with Gasteiger partial charge >= 0.3 is 7.12 Å². The summed E-state index contributed by atoms with van der Waals surface area (Å²) in [6.07, 6.45) is 1.85. The zero-order chi connectivity index (χ0) is 18.1. The van der Waals surface area contributed by atoms with Crippen molar-refractivity contribution < 1.29 is 18.5 Å². The zero-order valence-corrected chi connectivity index (χ0v) is 15.5. The fraction of sp³-hybridized carbons (Fsp3) is 0.611. The van der Waals surface area contributed by atoms with Crippen LogP contribution in [0.4, 0.5) is 4.39 Å². The lowest BCUT2D eigenvalue weighted by molar-refractivity contribution is 0.00578. The number of rotatable bonds is 5. The smallest absolute Gasteiger partial charge is 0.399 e. The molecule has 1 aliphatic heterocycles. The summed E-state index contributed by atoms with van der Waals surface area (Å²) < 4.78 is 26.4. The molecule has 6 heteroatoms. The van der Waals surface area contributed by atoms with Gasteiger partial charge in [-0.15, -0.1) is 0 Å². The number of nitrogens with one attached hydrogen (secondary N) is 1. The molecule has 24 heavy (non-hydrogen) atoms. The third kappa shape index (κ3) is 3.65. The maximum atomic E-state index is 14.5. The van der Waals surface area contributed by atoms with Gasteiger partial charge in [-0.1, -0.05) is 19.4 Å². The van der Waals surface area contributed by atoms with Crippen LogP contribution in [-0.4, -0.2) is 30.8 Å². The highest BCUT2D eigenvalue weighted by molar-refractivity contribution is 6.62. The Labute approximate surface area is 144 Å². The number of unbranched alkanes of at least 4 members (excludes halogenated alkanes) is 1. The molecule has 1 saturated heterocycles. The Morgan fingerprint density at radius 1 is 1.21 bits per heavy atom. The van der Waals surface area contributed by atoms with E-state index in [0.717, 1.165) is 12.8 Å². The van der Waals surface area contributed by atoms with Crippen LogP contribution in [0.25, 0.3) is 0 Å². The Morgan fingerprint density at radius 2 is 1.79 bits per heavy atom. The van der Waals surface area contributed by atoms with E-state index >= 15 is 0 Å². The molecule has 0 saturated carbocycles. The second kappa shape index (κ2) is 6.85. The van der Waals surface area contributed by atoms with Gasteiger partial charge in [-0.25, -0.2) is 4.39 Å². The van der Waals surface area contributed by atoms with Gasteiger partial charge in [-0.2, -0.15) is 0 Å². The van der Waals surface area contributed by atoms with E-state index in [0.29, 0.717) is 17.6 Å². The minimum atomic E-state index is -0.639. The summed E-state index contributed by atoms with van der Waals surface area (Å²) in [7, 11) is -0.639. The van der Waals surface area contributed by atoms with E-state index in [4.69, 9.17) is 9.31 Å². The monoisotopic (exact) mass is 335 g/mol. The van der Waals surface area contributed by atoms with Gasteiger partial charge in [0, 0.05) is 6.54 Å². The zero-order valence-electron chi connectivity index (χ0n) is 15.5. The minimum absolute atomic E-state index is 0.0892. The van der Waals surface area contributed by atoms with Crippen molar-refractivity contribution in [2.45, 2.75) is 65.6 Å². The van der Waals surface area contributed by atoms with Gasteiger partial charge in [0.25, 0.3) is 5.91 Å². The first-order valence-electron chi connectivity index (χ1n) is 8.53. The molecule has 2 rings (SSSR count). The molecule has 0 aliphatic carbocycles. The van der Waals surface area contributed by atoms with Crippen molar-refractivity contribution in [3.63, 3.8) is 0 Å². The van der Waals surface area contributed by atoms with Crippen molar-refractivity contribution in [2.75, 3.05) is 6.54 Å². The second-order valence-corrected chi connectivity index (χ2v) is 7.39. The van der Waals surface area contributed by atoms with Crippen molar-refractivity contribution in [2.24, 2.45) is 0 Å². The van der Waals surface area contributed by atoms with Crippen LogP contribution in [0.2, 0.25) is 0 Å². The van der Waals surface area contributed by atoms with Crippen LogP contribution in [0.5, 0.6) is 0 Å². The first-order valence-corrected chi connectivity index (χ1v) is 8.53. The summed E-state index contributed by atoms with van der Waals surface area (Å²) in [5.74, 6) is -0.923. The summed E-state index contributed by atoms with van der Waals surface area (Å²) in [4.78, 5) is 12.2. The Morgan fingerprint density at radius 3 is 2.29 bits per heavy atom. The van der Waals surface area contributed by atoms with Gasteiger partial charge in [0.1, 0.15) is 5.82 Å². The lowest BCUT2D eigenvalue weighted by atomic mass is 9.77. The van der Waals surface area contributed by atoms with Crippen LogP contribution in [0.15, 0.2) is 12.1 Å². The third-order valence-electron chi connectivity index (χ3n) is 4.88. The average Bonchev–Trinajstić information content (AvgIpc) is 2.67. The fourth-order valence-corrected chi connectivity index (χ4v) is 2.64. The molecule has 0 unspecified atom stereocenters. The summed E-state index contributed by atoms with van der Waals surface area (Å²) in [6.45, 7) is 12.1. The molecule has 1 amide bonds. The number of hydrogen-bond donors (Lipinski definition) is 1. The highest BCUT2D eigenvalue weighted by Crippen LogP contribution is 2.36. The van der Waals surface area contributed by atoms with Gasteiger partial charge in [0.05, 0.1) is 16.8 Å². The normalized spacial score (nSPS) is 18.7. The number of hydrogen-bond acceptors (Lipinski definition) is 3. The number of carbonyl (C=O) groups excluding carboxylic acids is 1. The number of benzene rings is 1. The topological polar surface area (TPSA) is 47.6 Å². The molecule has 1 fully saturated rings. The molecule has 0 atom stereocenters. The van der Waals surface area contributed by atoms with Crippen LogP contribution in [-0.2, 0) is 9.31 Å². The summed E-state index contributed by atoms with van der Waals surface area (Å²) in [5, 5.41) is 2.76. The van der Waals surface area contributed by atoms with E-state index in [-0.39, 0.29) is 11.5 Å². The van der Waals surface area contributed by atoms with Crippen molar-refractivity contribution in [1.29, 1.82) is 0 Å². The molecular weight excluding hydrogens is 308 g/mol. The van der Waals surface area contributed by atoms with Crippen LogP contribution in [0.3, 0.4) is 0 Å². The molecule has 1 N–H and O–H groups in total. The molecule has 1 aromatic rings. The predicted octanol–water partition coefficient (Wildman–Crippen LogP) is 2.96. The van der Waals surface area contributed by atoms with Crippen molar-refractivity contribution >= 4 is 18.5 Å². The quantitative estimate of drug-likeness (QED) is 0.665. The highest BCUT2D eigenvalue weighted by atomic mass is 19.1. The van der Waals surface area contributed by atoms with Crippen LogP contribution in [0.1, 0.15) is 63.4 Å². The maximum Gasteiger partial charge on any atom is 0.494 e. The molecule has 0 radical (unpaired) electrons. The average molecular weight is 335 g/mol. The van der Waals surface area contributed by atoms with Crippen LogP contribution >= 0.6 is 0 Å². The Hall–Kier alpha value is -1.40. The first kappa shape index (κ1) is 18.9. The van der Waals surface area contributed by atoms with Gasteiger partial charge in [0.15, 0.2) is 0 Å². The number of carbonyl (C=O) groups is 1. The standard InChI is InChI=1S/C18H27BFNO3/c1-7-8-9-21-16(22)15-12(2)10-13(11-14(15)20)19-23-17(3,4)18(5,6)24-19/h10-11H,7-9H2,1-6H3,(H,21,22). The minimum Gasteiger partial charge on any atom is -0.399 e. The van der Waals surface area contributed by atoms with Gasteiger partial charge < -0.3 is 14.6 Å². The lowest BCUT2D eigenvalue weighted by Gasteiger charge is -2.32. The molecule has 1 heterocycles. The van der Waals surface area contributed by atoms with Crippen molar-refractivity contribution in [3.8, 4) is 0 Å². The Bertz CT molecular complexity index is 592. The van der Waals surface area contributed by atoms with Crippen LogP contribution < -0.4 is 10.8 Å². The van der Waals surface area contributed by atoms with E-state index in [1.165, 1.54) is 6.07 Å². The van der Waals surface area contributed by atoms with E-state index in [9.17, 15) is 9.18 Å². The van der Waals surface area contributed by atoms with E-state index in [1.807, 2.05) is 34.6 Å². The van der Waals surface area contributed by atoms with E-state index in [1.54, 1.807) is 13.0 Å². The summed E-state index contributed by atoms with van der Waals surface area (Å²) >= 11 is 0. The Balaban J connectivity index is 2.23. The first-order chi connectivity index (χ1) is 11.1. The Kier molecular flexibility index (Phi) is 5.40. The molecular formula is C18H27BFNO3. The molecule has 4 nitrogen and oxygen atoms in total. The fourth-order valence-electron chi connectivity index (χ4n) is 2.64. The van der Waals surface area contributed by atoms with Crippen molar-refractivity contribution in [3.05, 3.63) is 29.1 Å². The largest absolute Gasteiger partial charge is 0.494 e. The predicted molar refractivity (Wildman–Crippen MR) is 94.1 cm³/mol. The van der Waals surface area contributed by atoms with Gasteiger partial charge in [-0.3, -0.25) is 4.79 Å². The van der Waals surface area contributed by atoms with Crippen molar-refractivity contribution in [1.82, 2.24) is 5.32 Å². The number of aryl methyl sites for hydroxylation is 1. The van der Waals surface area contributed by atoms with Crippen LogP contribution in [0, 0.1) is 12.7 Å². The molecule has 132 valence electrons. The second-order valence-electron chi connectivity index (χ2n) is 7.39. The maximum absolute atomic E-state index is 14.5. The van der Waals surface area contributed by atoms with E-state index < -0.39 is 24.1 Å². The molecule has 0 bridgehead atoms. The lowest BCUT2D eigenvalue weighted by Crippen LogP contribution is -2.41. The summed E-state index contributed by atoms with van der Waals surface area (Å²) in [5.41, 5.74) is 0.282. The van der Waals surface area contributed by atoms with Gasteiger partial charge in [-0.05, 0) is 58.1 Å². The number of amides is 1. The highest BCUT2D eigenvalue weighted by Gasteiger charge is 2.51. The van der Waals surface area contributed by atoms with Gasteiger partial charge in [0.2, 0.25) is 0 Å². The molecule has 1 aliphatic rings.